The molecule has 104 valence electrons. The average molecular weight is 254 g/mol. The van der Waals surface area contributed by atoms with Crippen LogP contribution in [0, 0.1) is 5.41 Å². The zero-order chi connectivity index (χ0) is 14.1. The van der Waals surface area contributed by atoms with Gasteiger partial charge in [0.25, 0.3) is 0 Å². The summed E-state index contributed by atoms with van der Waals surface area (Å²) < 4.78 is 0. The summed E-state index contributed by atoms with van der Waals surface area (Å²) in [5.41, 5.74) is -0.915. The van der Waals surface area contributed by atoms with Crippen LogP contribution in [0.2, 0.25) is 0 Å². The van der Waals surface area contributed by atoms with E-state index >= 15 is 0 Å². The minimum Gasteiger partial charge on any atom is -0.342 e. The van der Waals surface area contributed by atoms with Crippen LogP contribution >= 0.6 is 0 Å². The third-order valence-corrected chi connectivity index (χ3v) is 4.08. The molecule has 0 saturated carbocycles. The zero-order valence-electron chi connectivity index (χ0n) is 12.5. The molecule has 4 nitrogen and oxygen atoms in total. The molecule has 1 aliphatic heterocycles. The van der Waals surface area contributed by atoms with Crippen molar-refractivity contribution in [2.75, 3.05) is 6.54 Å². The Labute approximate surface area is 110 Å². The first kappa shape index (κ1) is 15.0. The number of amides is 2. The van der Waals surface area contributed by atoms with Crippen LogP contribution in [0.5, 0.6) is 0 Å². The molecule has 1 aliphatic rings. The van der Waals surface area contributed by atoms with Gasteiger partial charge in [0.1, 0.15) is 11.6 Å². The highest BCUT2D eigenvalue weighted by atomic mass is 16.2. The normalized spacial score (nSPS) is 24.1. The molecule has 18 heavy (non-hydrogen) atoms. The van der Waals surface area contributed by atoms with Crippen molar-refractivity contribution in [3.8, 4) is 0 Å². The van der Waals surface area contributed by atoms with Gasteiger partial charge in [0.2, 0.25) is 11.8 Å². The minimum absolute atomic E-state index is 0.00567. The van der Waals surface area contributed by atoms with E-state index in [2.05, 4.69) is 5.32 Å². The Bertz CT molecular complexity index is 340. The maximum Gasteiger partial charge on any atom is 0.246 e. The average Bonchev–Trinajstić information content (AvgIpc) is 2.29. The van der Waals surface area contributed by atoms with Gasteiger partial charge in [-0.2, -0.15) is 0 Å². The van der Waals surface area contributed by atoms with Gasteiger partial charge in [0.15, 0.2) is 0 Å². The number of hydrogen-bond acceptors (Lipinski definition) is 2. The number of rotatable bonds is 3. The third-order valence-electron chi connectivity index (χ3n) is 4.08. The van der Waals surface area contributed by atoms with E-state index in [4.69, 9.17) is 0 Å². The second-order valence-corrected chi connectivity index (χ2v) is 6.09. The Kier molecular flexibility index (Phi) is 4.08. The molecule has 1 unspecified atom stereocenters. The molecule has 1 rings (SSSR count). The van der Waals surface area contributed by atoms with E-state index in [-0.39, 0.29) is 17.2 Å². The molecule has 4 heteroatoms. The lowest BCUT2D eigenvalue weighted by Gasteiger charge is -2.49. The van der Waals surface area contributed by atoms with Crippen molar-refractivity contribution < 1.29 is 9.59 Å². The van der Waals surface area contributed by atoms with Crippen LogP contribution in [0.15, 0.2) is 0 Å². The molecule has 0 aromatic heterocycles. The topological polar surface area (TPSA) is 49.4 Å². The number of likely N-dealkylation sites (N-methyl/N-ethyl adjacent to an activating group) is 1. The van der Waals surface area contributed by atoms with E-state index in [0.29, 0.717) is 19.4 Å². The molecule has 0 bridgehead atoms. The first-order valence-corrected chi connectivity index (χ1v) is 6.87. The number of nitrogens with zero attached hydrogens (tertiary/aromatic N) is 1. The molecule has 0 aromatic rings. The van der Waals surface area contributed by atoms with Gasteiger partial charge in [0, 0.05) is 6.54 Å². The van der Waals surface area contributed by atoms with Crippen LogP contribution in [0.3, 0.4) is 0 Å². The minimum atomic E-state index is -0.659. The van der Waals surface area contributed by atoms with Gasteiger partial charge >= 0.3 is 0 Å². The summed E-state index contributed by atoms with van der Waals surface area (Å²) in [5, 5.41) is 2.93. The van der Waals surface area contributed by atoms with Crippen LogP contribution in [0.1, 0.15) is 54.4 Å². The van der Waals surface area contributed by atoms with Crippen LogP contribution in [-0.4, -0.2) is 34.8 Å². The summed E-state index contributed by atoms with van der Waals surface area (Å²) in [5.74, 6) is 0.0437. The highest BCUT2D eigenvalue weighted by Gasteiger charge is 2.52. The van der Waals surface area contributed by atoms with Crippen molar-refractivity contribution in [2.24, 2.45) is 5.41 Å². The molecule has 1 fully saturated rings. The summed E-state index contributed by atoms with van der Waals surface area (Å²) in [6.45, 7) is 12.4. The summed E-state index contributed by atoms with van der Waals surface area (Å²) >= 11 is 0. The van der Waals surface area contributed by atoms with Crippen molar-refractivity contribution in [2.45, 2.75) is 66.0 Å². The molecular weight excluding hydrogens is 228 g/mol. The second-order valence-electron chi connectivity index (χ2n) is 6.09. The molecule has 1 atom stereocenters. The predicted octanol–water partition coefficient (Wildman–Crippen LogP) is 1.94. The lowest BCUT2D eigenvalue weighted by atomic mass is 9.79. The largest absolute Gasteiger partial charge is 0.342 e. The van der Waals surface area contributed by atoms with E-state index in [1.165, 1.54) is 0 Å². The van der Waals surface area contributed by atoms with Crippen LogP contribution in [0.4, 0.5) is 0 Å². The molecule has 2 amide bonds. The summed E-state index contributed by atoms with van der Waals surface area (Å²) in [7, 11) is 0. The van der Waals surface area contributed by atoms with Crippen molar-refractivity contribution in [1.82, 2.24) is 10.2 Å². The Morgan fingerprint density at radius 1 is 1.17 bits per heavy atom. The van der Waals surface area contributed by atoms with E-state index in [0.717, 1.165) is 0 Å². The second kappa shape index (κ2) is 4.90. The molecule has 1 heterocycles. The smallest absolute Gasteiger partial charge is 0.246 e. The van der Waals surface area contributed by atoms with Gasteiger partial charge in [-0.1, -0.05) is 34.6 Å². The number of piperazine rings is 1. The fourth-order valence-electron chi connectivity index (χ4n) is 2.81. The summed E-state index contributed by atoms with van der Waals surface area (Å²) in [6.07, 6.45) is 1.32. The van der Waals surface area contributed by atoms with Crippen molar-refractivity contribution in [3.05, 3.63) is 0 Å². The maximum absolute atomic E-state index is 12.6. The van der Waals surface area contributed by atoms with Gasteiger partial charge in [-0.25, -0.2) is 0 Å². The highest BCUT2D eigenvalue weighted by molar-refractivity contribution is 6.00. The highest BCUT2D eigenvalue weighted by Crippen LogP contribution is 2.33. The van der Waals surface area contributed by atoms with E-state index in [1.54, 1.807) is 4.90 Å². The maximum atomic E-state index is 12.6. The van der Waals surface area contributed by atoms with Gasteiger partial charge in [0.05, 0.1) is 0 Å². The fourth-order valence-corrected chi connectivity index (χ4v) is 2.81. The quantitative estimate of drug-likeness (QED) is 0.836. The van der Waals surface area contributed by atoms with Crippen LogP contribution in [-0.2, 0) is 9.59 Å². The predicted molar refractivity (Wildman–Crippen MR) is 72.1 cm³/mol. The Balaban J connectivity index is 3.19. The lowest BCUT2D eigenvalue weighted by molar-refractivity contribution is -0.161. The van der Waals surface area contributed by atoms with E-state index < -0.39 is 11.6 Å². The van der Waals surface area contributed by atoms with Crippen LogP contribution < -0.4 is 5.32 Å². The SMILES string of the molecule is CCN1C(=O)C(C(C)(C)C)NC(=O)C1(CC)CC. The Hall–Kier alpha value is -1.06. The molecule has 0 radical (unpaired) electrons. The first-order chi connectivity index (χ1) is 8.24. The van der Waals surface area contributed by atoms with E-state index in [1.807, 2.05) is 41.5 Å². The number of carbonyl (C=O) groups is 2. The van der Waals surface area contributed by atoms with E-state index in [9.17, 15) is 9.59 Å². The standard InChI is InChI=1S/C14H26N2O2/c1-7-14(8-2)12(18)15-10(13(4,5)6)11(17)16(14)9-3/h10H,7-9H2,1-6H3,(H,15,18). The molecule has 1 saturated heterocycles. The van der Waals surface area contributed by atoms with Crippen molar-refractivity contribution in [1.29, 1.82) is 0 Å². The number of hydrogen-bond donors (Lipinski definition) is 1. The van der Waals surface area contributed by atoms with Crippen molar-refractivity contribution >= 4 is 11.8 Å². The van der Waals surface area contributed by atoms with Gasteiger partial charge in [-0.3, -0.25) is 9.59 Å². The summed E-state index contributed by atoms with van der Waals surface area (Å²) in [6, 6.07) is -0.420. The molecule has 0 aliphatic carbocycles. The molecule has 0 aromatic carbocycles. The number of carbonyl (C=O) groups excluding carboxylic acids is 2. The summed E-state index contributed by atoms with van der Waals surface area (Å²) in [4.78, 5) is 26.8. The zero-order valence-corrected chi connectivity index (χ0v) is 12.5. The van der Waals surface area contributed by atoms with Gasteiger partial charge < -0.3 is 10.2 Å². The van der Waals surface area contributed by atoms with Gasteiger partial charge in [-0.15, -0.1) is 0 Å². The van der Waals surface area contributed by atoms with Crippen molar-refractivity contribution in [3.63, 3.8) is 0 Å². The molecular formula is C14H26N2O2. The third kappa shape index (κ3) is 2.13. The Morgan fingerprint density at radius 2 is 1.67 bits per heavy atom. The fraction of sp³-hybridized carbons (Fsp3) is 0.857. The lowest BCUT2D eigenvalue weighted by Crippen LogP contribution is -2.72. The monoisotopic (exact) mass is 254 g/mol. The molecule has 0 spiro atoms. The number of nitrogens with one attached hydrogen (secondary N) is 1. The molecule has 1 N–H and O–H groups in total. The van der Waals surface area contributed by atoms with Gasteiger partial charge in [-0.05, 0) is 25.2 Å². The first-order valence-electron chi connectivity index (χ1n) is 6.87. The van der Waals surface area contributed by atoms with Crippen LogP contribution in [0.25, 0.3) is 0 Å². The Morgan fingerprint density at radius 3 is 2.00 bits per heavy atom.